The Morgan fingerprint density at radius 3 is 2.53 bits per heavy atom. The maximum absolute atomic E-state index is 11.2. The van der Waals surface area contributed by atoms with E-state index in [2.05, 4.69) is 15.3 Å². The number of carboxylic acids is 1. The van der Waals surface area contributed by atoms with Crippen LogP contribution in [0, 0.1) is 0 Å². The minimum Gasteiger partial charge on any atom is -0.478 e. The molecule has 0 aromatic carbocycles. The smallest absolute Gasteiger partial charge is 0.407 e. The molecule has 17 heavy (non-hydrogen) atoms. The third-order valence-corrected chi connectivity index (χ3v) is 1.36. The number of ether oxygens (including phenoxy) is 1. The van der Waals surface area contributed by atoms with E-state index < -0.39 is 17.7 Å². The molecule has 0 atom stereocenters. The van der Waals surface area contributed by atoms with Gasteiger partial charge in [0.15, 0.2) is 0 Å². The number of carbonyl (C=O) groups is 2. The largest absolute Gasteiger partial charge is 0.478 e. The van der Waals surface area contributed by atoms with Gasteiger partial charge in [0.25, 0.3) is 0 Å². The Kier molecular flexibility index (Phi) is 5.56. The number of nitrogens with zero attached hydrogens (tertiary/aromatic N) is 3. The zero-order valence-corrected chi connectivity index (χ0v) is 9.80. The van der Waals surface area contributed by atoms with Gasteiger partial charge in [0.2, 0.25) is 0 Å². The first-order valence-electron chi connectivity index (χ1n) is 4.69. The lowest BCUT2D eigenvalue weighted by Crippen LogP contribution is -2.34. The van der Waals surface area contributed by atoms with Gasteiger partial charge in [0, 0.05) is 11.1 Å². The Balaban J connectivity index is 4.38. The molecule has 0 aliphatic rings. The van der Waals surface area contributed by atoms with E-state index in [9.17, 15) is 9.59 Å². The molecule has 94 valence electrons. The number of nitrogens with one attached hydrogen (secondary N) is 1. The van der Waals surface area contributed by atoms with Crippen LogP contribution in [0.1, 0.15) is 20.8 Å². The highest BCUT2D eigenvalue weighted by molar-refractivity contribution is 5.87. The number of amides is 1. The lowest BCUT2D eigenvalue weighted by Gasteiger charge is -2.19. The van der Waals surface area contributed by atoms with E-state index >= 15 is 0 Å². The van der Waals surface area contributed by atoms with Crippen molar-refractivity contribution in [1.29, 1.82) is 0 Å². The van der Waals surface area contributed by atoms with E-state index in [1.807, 2.05) is 0 Å². The van der Waals surface area contributed by atoms with Crippen molar-refractivity contribution >= 4 is 12.1 Å². The molecule has 2 N–H and O–H groups in total. The number of rotatable bonds is 4. The highest BCUT2D eigenvalue weighted by Gasteiger charge is 2.16. The van der Waals surface area contributed by atoms with Crippen LogP contribution < -0.4 is 5.32 Å². The number of alkyl carbamates (subject to hydrolysis) is 1. The molecular weight excluding hydrogens is 228 g/mol. The van der Waals surface area contributed by atoms with Crippen molar-refractivity contribution in [3.05, 3.63) is 22.2 Å². The highest BCUT2D eigenvalue weighted by atomic mass is 16.6. The van der Waals surface area contributed by atoms with Gasteiger partial charge >= 0.3 is 12.1 Å². The second-order valence-electron chi connectivity index (χ2n) is 4.02. The third kappa shape index (κ3) is 7.69. The summed E-state index contributed by atoms with van der Waals surface area (Å²) in [4.78, 5) is 24.2. The van der Waals surface area contributed by atoms with Crippen LogP contribution in [0.15, 0.2) is 16.9 Å². The Labute approximate surface area is 97.9 Å². The second-order valence-corrected chi connectivity index (χ2v) is 4.02. The summed E-state index contributed by atoms with van der Waals surface area (Å²) in [7, 11) is 0. The first-order chi connectivity index (χ1) is 7.76. The first-order valence-corrected chi connectivity index (χ1v) is 4.69. The predicted molar refractivity (Wildman–Crippen MR) is 59.1 cm³/mol. The number of carbonyl (C=O) groups excluding carboxylic acids is 1. The van der Waals surface area contributed by atoms with Crippen LogP contribution in [-0.4, -0.2) is 29.3 Å². The molecule has 0 bridgehead atoms. The van der Waals surface area contributed by atoms with Crippen molar-refractivity contribution in [3.63, 3.8) is 0 Å². The van der Waals surface area contributed by atoms with Crippen molar-refractivity contribution in [2.45, 2.75) is 26.4 Å². The highest BCUT2D eigenvalue weighted by Crippen LogP contribution is 2.06. The van der Waals surface area contributed by atoms with Crippen LogP contribution in [0.3, 0.4) is 0 Å². The maximum atomic E-state index is 11.2. The van der Waals surface area contributed by atoms with Gasteiger partial charge in [-0.1, -0.05) is 5.11 Å². The fourth-order valence-electron chi connectivity index (χ4n) is 0.754. The number of azide groups is 1. The van der Waals surface area contributed by atoms with Crippen LogP contribution in [0.25, 0.3) is 10.4 Å². The molecule has 0 saturated heterocycles. The topological polar surface area (TPSA) is 124 Å². The van der Waals surface area contributed by atoms with Crippen LogP contribution in [0.4, 0.5) is 4.79 Å². The van der Waals surface area contributed by atoms with Gasteiger partial charge in [-0.2, -0.15) is 0 Å². The van der Waals surface area contributed by atoms with Crippen LogP contribution in [0.2, 0.25) is 0 Å². The van der Waals surface area contributed by atoms with Crippen molar-refractivity contribution in [1.82, 2.24) is 5.32 Å². The van der Waals surface area contributed by atoms with Crippen molar-refractivity contribution in [2.24, 2.45) is 5.11 Å². The molecule has 0 aromatic rings. The quantitative estimate of drug-likeness (QED) is 0.337. The molecule has 0 aromatic heterocycles. The van der Waals surface area contributed by atoms with Gasteiger partial charge in [-0.25, -0.2) is 9.59 Å². The molecule has 0 radical (unpaired) electrons. The average Bonchev–Trinajstić information content (AvgIpc) is 2.14. The Bertz CT molecular complexity index is 377. The van der Waals surface area contributed by atoms with Crippen molar-refractivity contribution < 1.29 is 19.4 Å². The standard InChI is InChI=1S/C9H14N4O4/c1-9(2,3)17-8(16)11-4-6(7(14)15)5-12-13-10/h5H,4H2,1-3H3,(H,11,16)(H,14,15)/b6-5+. The summed E-state index contributed by atoms with van der Waals surface area (Å²) >= 11 is 0. The van der Waals surface area contributed by atoms with E-state index in [1.54, 1.807) is 20.8 Å². The SMILES string of the molecule is CC(C)(C)OC(=O)NC/C(=C\N=[N+]=[N-])C(=O)O. The van der Waals surface area contributed by atoms with E-state index in [1.165, 1.54) is 0 Å². The summed E-state index contributed by atoms with van der Waals surface area (Å²) in [6.45, 7) is 4.75. The Hall–Kier alpha value is -2.21. The van der Waals surface area contributed by atoms with Crippen molar-refractivity contribution in [2.75, 3.05) is 6.54 Å². The number of carboxylic acid groups (broad SMARTS) is 1. The summed E-state index contributed by atoms with van der Waals surface area (Å²) in [6.07, 6.45) is 0.0743. The van der Waals surface area contributed by atoms with E-state index in [0.717, 1.165) is 6.20 Å². The predicted octanol–water partition coefficient (Wildman–Crippen LogP) is 1.79. The molecule has 8 nitrogen and oxygen atoms in total. The molecule has 0 unspecified atom stereocenters. The summed E-state index contributed by atoms with van der Waals surface area (Å²) in [5, 5.41) is 13.9. The van der Waals surface area contributed by atoms with Crippen LogP contribution >= 0.6 is 0 Å². The molecule has 8 heteroatoms. The molecule has 1 amide bonds. The normalized spacial score (nSPS) is 11.4. The second kappa shape index (κ2) is 6.39. The summed E-state index contributed by atoms with van der Waals surface area (Å²) < 4.78 is 4.90. The third-order valence-electron chi connectivity index (χ3n) is 1.36. The van der Waals surface area contributed by atoms with E-state index in [0.29, 0.717) is 0 Å². The average molecular weight is 242 g/mol. The zero-order valence-electron chi connectivity index (χ0n) is 9.80. The van der Waals surface area contributed by atoms with E-state index in [4.69, 9.17) is 15.4 Å². The van der Waals surface area contributed by atoms with Gasteiger partial charge < -0.3 is 15.2 Å². The molecule has 0 saturated carbocycles. The fraction of sp³-hybridized carbons (Fsp3) is 0.556. The minimum absolute atomic E-state index is 0.242. The monoisotopic (exact) mass is 242 g/mol. The van der Waals surface area contributed by atoms with Gasteiger partial charge in [-0.05, 0) is 26.3 Å². The Morgan fingerprint density at radius 2 is 2.12 bits per heavy atom. The molecule has 0 fully saturated rings. The van der Waals surface area contributed by atoms with Crippen LogP contribution in [0.5, 0.6) is 0 Å². The Morgan fingerprint density at radius 1 is 1.53 bits per heavy atom. The summed E-state index contributed by atoms with van der Waals surface area (Å²) in [5.41, 5.74) is 7.13. The number of hydrogen-bond acceptors (Lipinski definition) is 4. The fourth-order valence-corrected chi connectivity index (χ4v) is 0.754. The van der Waals surface area contributed by atoms with Gasteiger partial charge in [0.1, 0.15) is 5.60 Å². The molecule has 0 rings (SSSR count). The lowest BCUT2D eigenvalue weighted by atomic mass is 10.2. The van der Waals surface area contributed by atoms with Gasteiger partial charge in [0.05, 0.1) is 12.1 Å². The molecule has 0 aliphatic carbocycles. The van der Waals surface area contributed by atoms with Crippen LogP contribution in [-0.2, 0) is 9.53 Å². The summed E-state index contributed by atoms with van der Waals surface area (Å²) in [6, 6.07) is 0. The van der Waals surface area contributed by atoms with Crippen molar-refractivity contribution in [3.8, 4) is 0 Å². The van der Waals surface area contributed by atoms with Gasteiger partial charge in [-0.3, -0.25) is 0 Å². The molecule has 0 aliphatic heterocycles. The molecular formula is C9H14N4O4. The number of aliphatic carboxylic acids is 1. The first kappa shape index (κ1) is 14.8. The van der Waals surface area contributed by atoms with E-state index in [-0.39, 0.29) is 12.1 Å². The maximum Gasteiger partial charge on any atom is 0.407 e. The molecule has 0 spiro atoms. The minimum atomic E-state index is -1.28. The lowest BCUT2D eigenvalue weighted by molar-refractivity contribution is -0.132. The molecule has 0 heterocycles. The zero-order chi connectivity index (χ0) is 13.5. The van der Waals surface area contributed by atoms with Gasteiger partial charge in [-0.15, -0.1) is 0 Å². The summed E-state index contributed by atoms with van der Waals surface area (Å²) in [5.74, 6) is -1.28. The number of hydrogen-bond donors (Lipinski definition) is 2.